The van der Waals surface area contributed by atoms with Crippen LogP contribution < -0.4 is 0 Å². The summed E-state index contributed by atoms with van der Waals surface area (Å²) in [4.78, 5) is 38.1. The molecule has 2 fully saturated rings. The summed E-state index contributed by atoms with van der Waals surface area (Å²) in [5.41, 5.74) is 0. The Hall–Kier alpha value is -1.39. The van der Waals surface area contributed by atoms with Crippen LogP contribution >= 0.6 is 0 Å². The van der Waals surface area contributed by atoms with Gasteiger partial charge in [-0.25, -0.2) is 4.79 Å². The van der Waals surface area contributed by atoms with Crippen LogP contribution in [0.1, 0.15) is 51.9 Å². The Balaban J connectivity index is 2.09. The van der Waals surface area contributed by atoms with Crippen molar-refractivity contribution >= 4 is 17.8 Å². The number of imide groups is 2. The standard InChI is InChI=1S/C13H20N2O3/c1-2-3-9-14-11(16)12(17)15(13(14)18)10-7-5-4-6-8-10/h10H,2-9H2,1H3. The van der Waals surface area contributed by atoms with Crippen molar-refractivity contribution in [3.63, 3.8) is 0 Å². The highest BCUT2D eigenvalue weighted by molar-refractivity contribution is 6.44. The lowest BCUT2D eigenvalue weighted by molar-refractivity contribution is -0.144. The molecular formula is C13H20N2O3. The van der Waals surface area contributed by atoms with Gasteiger partial charge in [0.15, 0.2) is 0 Å². The average Bonchev–Trinajstić information content (AvgIpc) is 2.60. The quantitative estimate of drug-likeness (QED) is 0.567. The van der Waals surface area contributed by atoms with Crippen LogP contribution in [0.3, 0.4) is 0 Å². The van der Waals surface area contributed by atoms with Crippen molar-refractivity contribution in [3.05, 3.63) is 0 Å². The van der Waals surface area contributed by atoms with Crippen molar-refractivity contribution in [2.75, 3.05) is 6.54 Å². The molecule has 0 aromatic carbocycles. The van der Waals surface area contributed by atoms with Gasteiger partial charge in [0.2, 0.25) is 0 Å². The van der Waals surface area contributed by atoms with Gasteiger partial charge in [0.05, 0.1) is 0 Å². The fourth-order valence-corrected chi connectivity index (χ4v) is 2.70. The van der Waals surface area contributed by atoms with E-state index in [1.54, 1.807) is 0 Å². The second-order valence-corrected chi connectivity index (χ2v) is 5.06. The van der Waals surface area contributed by atoms with E-state index in [2.05, 4.69) is 0 Å². The third-order valence-electron chi connectivity index (χ3n) is 3.76. The van der Waals surface area contributed by atoms with E-state index in [1.807, 2.05) is 6.92 Å². The maximum absolute atomic E-state index is 12.1. The topological polar surface area (TPSA) is 57.7 Å². The van der Waals surface area contributed by atoms with E-state index < -0.39 is 17.8 Å². The number of carbonyl (C=O) groups excluding carboxylic acids is 3. The minimum absolute atomic E-state index is 0.0608. The van der Waals surface area contributed by atoms with Crippen LogP contribution in [0.5, 0.6) is 0 Å². The van der Waals surface area contributed by atoms with Crippen molar-refractivity contribution in [2.45, 2.75) is 57.9 Å². The van der Waals surface area contributed by atoms with Crippen LogP contribution in [0.4, 0.5) is 4.79 Å². The highest BCUT2D eigenvalue weighted by atomic mass is 16.2. The second-order valence-electron chi connectivity index (χ2n) is 5.06. The van der Waals surface area contributed by atoms with Gasteiger partial charge in [0.1, 0.15) is 0 Å². The molecule has 0 spiro atoms. The van der Waals surface area contributed by atoms with E-state index in [9.17, 15) is 14.4 Å². The lowest BCUT2D eigenvalue weighted by atomic mass is 9.94. The lowest BCUT2D eigenvalue weighted by Crippen LogP contribution is -2.42. The number of amides is 4. The Morgan fingerprint density at radius 3 is 2.33 bits per heavy atom. The highest BCUT2D eigenvalue weighted by Crippen LogP contribution is 2.26. The van der Waals surface area contributed by atoms with Crippen molar-refractivity contribution in [2.24, 2.45) is 0 Å². The zero-order chi connectivity index (χ0) is 13.1. The van der Waals surface area contributed by atoms with Crippen LogP contribution in [0.25, 0.3) is 0 Å². The molecule has 0 atom stereocenters. The van der Waals surface area contributed by atoms with Crippen LogP contribution in [-0.2, 0) is 9.59 Å². The van der Waals surface area contributed by atoms with Crippen molar-refractivity contribution in [3.8, 4) is 0 Å². The Morgan fingerprint density at radius 2 is 1.72 bits per heavy atom. The number of rotatable bonds is 4. The van der Waals surface area contributed by atoms with Gasteiger partial charge >= 0.3 is 17.8 Å². The fourth-order valence-electron chi connectivity index (χ4n) is 2.70. The van der Waals surface area contributed by atoms with Gasteiger partial charge in [0.25, 0.3) is 0 Å². The number of hydrogen-bond acceptors (Lipinski definition) is 3. The van der Waals surface area contributed by atoms with Gasteiger partial charge in [0, 0.05) is 12.6 Å². The molecule has 18 heavy (non-hydrogen) atoms. The number of unbranched alkanes of at least 4 members (excludes halogenated alkanes) is 1. The van der Waals surface area contributed by atoms with Gasteiger partial charge in [-0.1, -0.05) is 32.6 Å². The number of urea groups is 1. The summed E-state index contributed by atoms with van der Waals surface area (Å²) in [5, 5.41) is 0. The van der Waals surface area contributed by atoms with Gasteiger partial charge in [-0.2, -0.15) is 0 Å². The molecule has 100 valence electrons. The molecule has 1 aliphatic carbocycles. The van der Waals surface area contributed by atoms with E-state index >= 15 is 0 Å². The molecule has 0 aromatic rings. The molecule has 0 unspecified atom stereocenters. The molecular weight excluding hydrogens is 232 g/mol. The van der Waals surface area contributed by atoms with E-state index in [1.165, 1.54) is 4.90 Å². The largest absolute Gasteiger partial charge is 0.334 e. The first kappa shape index (κ1) is 13.1. The van der Waals surface area contributed by atoms with Gasteiger partial charge < -0.3 is 0 Å². The first-order valence-corrected chi connectivity index (χ1v) is 6.85. The molecule has 4 amide bonds. The molecule has 2 aliphatic rings. The Bertz CT molecular complexity index is 361. The summed E-state index contributed by atoms with van der Waals surface area (Å²) < 4.78 is 0. The molecule has 5 heteroatoms. The van der Waals surface area contributed by atoms with Crippen molar-refractivity contribution < 1.29 is 14.4 Å². The van der Waals surface area contributed by atoms with Crippen LogP contribution in [0.15, 0.2) is 0 Å². The zero-order valence-electron chi connectivity index (χ0n) is 10.9. The van der Waals surface area contributed by atoms with E-state index in [-0.39, 0.29) is 6.04 Å². The zero-order valence-corrected chi connectivity index (χ0v) is 10.9. The summed E-state index contributed by atoms with van der Waals surface area (Å²) in [6, 6.07) is -0.459. The van der Waals surface area contributed by atoms with Gasteiger partial charge in [-0.3, -0.25) is 19.4 Å². The molecule has 1 saturated carbocycles. The molecule has 1 aliphatic heterocycles. The molecule has 0 aromatic heterocycles. The molecule has 1 saturated heterocycles. The molecule has 0 radical (unpaired) electrons. The molecule has 5 nitrogen and oxygen atoms in total. The lowest BCUT2D eigenvalue weighted by Gasteiger charge is -2.28. The second kappa shape index (κ2) is 5.50. The maximum Gasteiger partial charge on any atom is 0.334 e. The molecule has 2 rings (SSSR count). The van der Waals surface area contributed by atoms with Crippen molar-refractivity contribution in [1.29, 1.82) is 0 Å². The van der Waals surface area contributed by atoms with Gasteiger partial charge in [-0.15, -0.1) is 0 Å². The van der Waals surface area contributed by atoms with Crippen molar-refractivity contribution in [1.82, 2.24) is 9.80 Å². The van der Waals surface area contributed by atoms with E-state index in [0.717, 1.165) is 49.8 Å². The number of carbonyl (C=O) groups is 3. The normalized spacial score (nSPS) is 22.2. The van der Waals surface area contributed by atoms with Crippen LogP contribution in [0, 0.1) is 0 Å². The summed E-state index contributed by atoms with van der Waals surface area (Å²) in [7, 11) is 0. The number of nitrogens with zero attached hydrogens (tertiary/aromatic N) is 2. The van der Waals surface area contributed by atoms with E-state index in [4.69, 9.17) is 0 Å². The summed E-state index contributed by atoms with van der Waals surface area (Å²) >= 11 is 0. The summed E-state index contributed by atoms with van der Waals surface area (Å²) in [5.74, 6) is -1.26. The fraction of sp³-hybridized carbons (Fsp3) is 0.769. The monoisotopic (exact) mass is 252 g/mol. The SMILES string of the molecule is CCCCN1C(=O)C(=O)N(C2CCCCC2)C1=O. The van der Waals surface area contributed by atoms with Gasteiger partial charge in [-0.05, 0) is 19.3 Å². The number of hydrogen-bond donors (Lipinski definition) is 0. The van der Waals surface area contributed by atoms with Crippen LogP contribution in [-0.4, -0.2) is 40.2 Å². The molecule has 0 bridgehead atoms. The van der Waals surface area contributed by atoms with E-state index in [0.29, 0.717) is 6.54 Å². The maximum atomic E-state index is 12.1. The highest BCUT2D eigenvalue weighted by Gasteiger charge is 2.47. The average molecular weight is 252 g/mol. The minimum Gasteiger partial charge on any atom is -0.263 e. The Morgan fingerprint density at radius 1 is 1.06 bits per heavy atom. The minimum atomic E-state index is -0.640. The summed E-state index contributed by atoms with van der Waals surface area (Å²) in [6.45, 7) is 2.36. The predicted octanol–water partition coefficient (Wildman–Crippen LogP) is 1.91. The smallest absolute Gasteiger partial charge is 0.263 e. The first-order valence-electron chi connectivity index (χ1n) is 6.85. The Kier molecular flexibility index (Phi) is 3.99. The molecule has 0 N–H and O–H groups in total. The molecule has 1 heterocycles. The summed E-state index contributed by atoms with van der Waals surface area (Å²) in [6.07, 6.45) is 6.55. The first-order chi connectivity index (χ1) is 8.66. The van der Waals surface area contributed by atoms with Crippen LogP contribution in [0.2, 0.25) is 0 Å². The third kappa shape index (κ3) is 2.26. The predicted molar refractivity (Wildman–Crippen MR) is 65.7 cm³/mol. The third-order valence-corrected chi connectivity index (χ3v) is 3.76. The Labute approximate surface area is 107 Å².